The Hall–Kier alpha value is -0.370. The highest BCUT2D eigenvalue weighted by molar-refractivity contribution is 7.88. The molecule has 6 nitrogen and oxygen atoms in total. The van der Waals surface area contributed by atoms with Gasteiger partial charge < -0.3 is 10.6 Å². The van der Waals surface area contributed by atoms with E-state index in [2.05, 4.69) is 10.6 Å². The molecule has 2 N–H and O–H groups in total. The van der Waals surface area contributed by atoms with Crippen LogP contribution in [0.3, 0.4) is 0 Å². The van der Waals surface area contributed by atoms with Crippen LogP contribution < -0.4 is 10.6 Å². The third kappa shape index (κ3) is 6.10. The lowest BCUT2D eigenvalue weighted by Gasteiger charge is -2.31. The molecule has 0 radical (unpaired) electrons. The van der Waals surface area contributed by atoms with E-state index in [1.165, 1.54) is 10.6 Å². The minimum atomic E-state index is -3.15. The second kappa shape index (κ2) is 8.31. The molecule has 0 saturated carbocycles. The van der Waals surface area contributed by atoms with Gasteiger partial charge in [0, 0.05) is 25.6 Å². The molecule has 2 heterocycles. The zero-order valence-electron chi connectivity index (χ0n) is 12.5. The molecule has 2 rings (SSSR count). The highest BCUT2D eigenvalue weighted by atomic mass is 35.5. The van der Waals surface area contributed by atoms with Crippen LogP contribution in [0.4, 0.5) is 0 Å². The van der Waals surface area contributed by atoms with Crippen LogP contribution in [0, 0.1) is 5.92 Å². The van der Waals surface area contributed by atoms with E-state index < -0.39 is 10.0 Å². The fraction of sp³-hybridized carbons (Fsp3) is 0.923. The lowest BCUT2D eigenvalue weighted by atomic mass is 10.0. The number of carbonyl (C=O) groups excluding carboxylic acids is 1. The van der Waals surface area contributed by atoms with Gasteiger partial charge in [0.05, 0.1) is 6.26 Å². The molecule has 0 aromatic heterocycles. The second-order valence-electron chi connectivity index (χ2n) is 5.93. The molecule has 2 unspecified atom stereocenters. The van der Waals surface area contributed by atoms with E-state index in [0.717, 1.165) is 38.8 Å². The monoisotopic (exact) mass is 339 g/mol. The predicted molar refractivity (Wildman–Crippen MR) is 85.0 cm³/mol. The minimum absolute atomic E-state index is 0. The Morgan fingerprint density at radius 3 is 2.76 bits per heavy atom. The SMILES string of the molecule is CS(=O)(=O)N1CCCC(NC(=O)CCC2CCNC2)C1.Cl. The normalized spacial score (nSPS) is 27.1. The smallest absolute Gasteiger partial charge is 0.220 e. The summed E-state index contributed by atoms with van der Waals surface area (Å²) in [6.07, 6.45) is 5.51. The first kappa shape index (κ1) is 18.7. The summed E-state index contributed by atoms with van der Waals surface area (Å²) in [5.41, 5.74) is 0. The molecule has 1 amide bonds. The molecule has 0 aromatic rings. The van der Waals surface area contributed by atoms with Gasteiger partial charge in [0.1, 0.15) is 0 Å². The quantitative estimate of drug-likeness (QED) is 0.757. The second-order valence-corrected chi connectivity index (χ2v) is 7.91. The van der Waals surface area contributed by atoms with Crippen molar-refractivity contribution < 1.29 is 13.2 Å². The molecule has 0 aliphatic carbocycles. The summed E-state index contributed by atoms with van der Waals surface area (Å²) in [6.45, 7) is 3.05. The fourth-order valence-corrected chi connectivity index (χ4v) is 3.87. The Bertz CT molecular complexity index is 438. The van der Waals surface area contributed by atoms with Gasteiger partial charge in [-0.3, -0.25) is 4.79 Å². The van der Waals surface area contributed by atoms with Crippen molar-refractivity contribution in [3.8, 4) is 0 Å². The van der Waals surface area contributed by atoms with Crippen LogP contribution in [-0.2, 0) is 14.8 Å². The van der Waals surface area contributed by atoms with E-state index in [9.17, 15) is 13.2 Å². The van der Waals surface area contributed by atoms with Gasteiger partial charge >= 0.3 is 0 Å². The Morgan fingerprint density at radius 2 is 2.14 bits per heavy atom. The fourth-order valence-electron chi connectivity index (χ4n) is 2.96. The van der Waals surface area contributed by atoms with Crippen molar-refractivity contribution in [2.24, 2.45) is 5.92 Å². The van der Waals surface area contributed by atoms with Gasteiger partial charge in [-0.15, -0.1) is 12.4 Å². The van der Waals surface area contributed by atoms with Crippen molar-refractivity contribution in [2.45, 2.75) is 38.1 Å². The van der Waals surface area contributed by atoms with Crippen LogP contribution in [-0.4, -0.2) is 57.1 Å². The van der Waals surface area contributed by atoms with Crippen molar-refractivity contribution in [1.82, 2.24) is 14.9 Å². The van der Waals surface area contributed by atoms with Gasteiger partial charge in [0.25, 0.3) is 0 Å². The molecular weight excluding hydrogens is 314 g/mol. The molecule has 2 saturated heterocycles. The number of nitrogens with one attached hydrogen (secondary N) is 2. The molecule has 0 aromatic carbocycles. The highest BCUT2D eigenvalue weighted by Crippen LogP contribution is 2.16. The molecule has 2 atom stereocenters. The molecule has 2 aliphatic rings. The maximum Gasteiger partial charge on any atom is 0.220 e. The van der Waals surface area contributed by atoms with Gasteiger partial charge in [0.2, 0.25) is 15.9 Å². The maximum atomic E-state index is 11.9. The molecule has 8 heteroatoms. The number of halogens is 1. The van der Waals surface area contributed by atoms with Gasteiger partial charge in [-0.1, -0.05) is 0 Å². The summed E-state index contributed by atoms with van der Waals surface area (Å²) >= 11 is 0. The highest BCUT2D eigenvalue weighted by Gasteiger charge is 2.26. The molecule has 0 bridgehead atoms. The van der Waals surface area contributed by atoms with Crippen molar-refractivity contribution in [1.29, 1.82) is 0 Å². The molecular formula is C13H26ClN3O3S. The summed E-state index contributed by atoms with van der Waals surface area (Å²) in [5.74, 6) is 0.664. The van der Waals surface area contributed by atoms with Crippen LogP contribution in [0.5, 0.6) is 0 Å². The van der Waals surface area contributed by atoms with Gasteiger partial charge in [0.15, 0.2) is 0 Å². The first-order valence-electron chi connectivity index (χ1n) is 7.40. The Labute approximate surface area is 133 Å². The van der Waals surface area contributed by atoms with Crippen LogP contribution >= 0.6 is 12.4 Å². The molecule has 124 valence electrons. The van der Waals surface area contributed by atoms with Crippen molar-refractivity contribution in [2.75, 3.05) is 32.4 Å². The largest absolute Gasteiger partial charge is 0.352 e. The Kier molecular flexibility index (Phi) is 7.39. The number of rotatable bonds is 5. The maximum absolute atomic E-state index is 11.9. The van der Waals surface area contributed by atoms with E-state index in [-0.39, 0.29) is 24.4 Å². The van der Waals surface area contributed by atoms with E-state index >= 15 is 0 Å². The van der Waals surface area contributed by atoms with E-state index in [1.54, 1.807) is 0 Å². The number of hydrogen-bond acceptors (Lipinski definition) is 4. The van der Waals surface area contributed by atoms with Crippen molar-refractivity contribution >= 4 is 28.3 Å². The molecule has 2 aliphatic heterocycles. The van der Waals surface area contributed by atoms with Crippen molar-refractivity contribution in [3.05, 3.63) is 0 Å². The summed E-state index contributed by atoms with van der Waals surface area (Å²) in [5, 5.41) is 6.27. The minimum Gasteiger partial charge on any atom is -0.352 e. The Balaban J connectivity index is 0.00000220. The average Bonchev–Trinajstić information content (AvgIpc) is 2.89. The number of piperidine rings is 1. The van der Waals surface area contributed by atoms with Crippen LogP contribution in [0.2, 0.25) is 0 Å². The van der Waals surface area contributed by atoms with Gasteiger partial charge in [-0.05, 0) is 44.7 Å². The van der Waals surface area contributed by atoms with Crippen molar-refractivity contribution in [3.63, 3.8) is 0 Å². The summed E-state index contributed by atoms with van der Waals surface area (Å²) in [6, 6.07) is -0.0346. The number of carbonyl (C=O) groups is 1. The van der Waals surface area contributed by atoms with Crippen LogP contribution in [0.1, 0.15) is 32.1 Å². The molecule has 2 fully saturated rings. The average molecular weight is 340 g/mol. The topological polar surface area (TPSA) is 78.5 Å². The van der Waals surface area contributed by atoms with Gasteiger partial charge in [-0.25, -0.2) is 12.7 Å². The first-order valence-corrected chi connectivity index (χ1v) is 9.25. The summed E-state index contributed by atoms with van der Waals surface area (Å²) in [7, 11) is -3.15. The molecule has 0 spiro atoms. The molecule has 21 heavy (non-hydrogen) atoms. The number of amides is 1. The predicted octanol–water partition coefficient (Wildman–Crippen LogP) is 0.338. The zero-order chi connectivity index (χ0) is 14.6. The first-order chi connectivity index (χ1) is 9.45. The van der Waals surface area contributed by atoms with Crippen LogP contribution in [0.15, 0.2) is 0 Å². The third-order valence-corrected chi connectivity index (χ3v) is 5.43. The third-order valence-electron chi connectivity index (χ3n) is 4.16. The van der Waals surface area contributed by atoms with E-state index in [0.29, 0.717) is 25.4 Å². The number of nitrogens with zero attached hydrogens (tertiary/aromatic N) is 1. The summed E-state index contributed by atoms with van der Waals surface area (Å²) in [4.78, 5) is 11.9. The lowest BCUT2D eigenvalue weighted by Crippen LogP contribution is -2.49. The lowest BCUT2D eigenvalue weighted by molar-refractivity contribution is -0.122. The van der Waals surface area contributed by atoms with E-state index in [4.69, 9.17) is 0 Å². The standard InChI is InChI=1S/C13H25N3O3S.ClH/c1-20(18,19)16-8-2-3-12(10-16)15-13(17)5-4-11-6-7-14-9-11;/h11-12,14H,2-10H2,1H3,(H,15,17);1H. The van der Waals surface area contributed by atoms with Gasteiger partial charge in [-0.2, -0.15) is 0 Å². The summed E-state index contributed by atoms with van der Waals surface area (Å²) < 4.78 is 24.5. The Morgan fingerprint density at radius 1 is 1.38 bits per heavy atom. The number of sulfonamides is 1. The number of hydrogen-bond donors (Lipinski definition) is 2. The zero-order valence-corrected chi connectivity index (χ0v) is 14.1. The van der Waals surface area contributed by atoms with Crippen LogP contribution in [0.25, 0.3) is 0 Å². The van der Waals surface area contributed by atoms with E-state index in [1.807, 2.05) is 0 Å².